The molecule has 1 radical (unpaired) electrons. The first-order valence-corrected chi connectivity index (χ1v) is 6.19. The molecule has 105 valence electrons. The molecule has 1 N–H and O–H groups in total. The average Bonchev–Trinajstić information content (AvgIpc) is 3.20. The number of hydrogen-bond donors (Lipinski definition) is 1. The molecular weight excluding hydrogens is 286 g/mol. The van der Waals surface area contributed by atoms with Crippen LogP contribution in [0.3, 0.4) is 0 Å². The third-order valence-corrected chi connectivity index (χ3v) is 3.21. The van der Waals surface area contributed by atoms with Crippen molar-refractivity contribution >= 4 is 28.9 Å². The number of carbonyl (C=O) groups excluding carboxylic acids is 2. The molecule has 0 aliphatic heterocycles. The van der Waals surface area contributed by atoms with E-state index in [-0.39, 0.29) is 17.0 Å². The predicted octanol–water partition coefficient (Wildman–Crippen LogP) is 0.0844. The highest BCUT2D eigenvalue weighted by Gasteiger charge is 2.20. The highest BCUT2D eigenvalue weighted by Crippen LogP contribution is 2.19. The number of aromatic nitrogens is 7. The summed E-state index contributed by atoms with van der Waals surface area (Å²) in [6.07, 6.45) is 7.35. The number of rotatable bonds is 3. The zero-order chi connectivity index (χ0) is 15.1. The van der Waals surface area contributed by atoms with E-state index < -0.39 is 5.78 Å². The van der Waals surface area contributed by atoms with Gasteiger partial charge in [0.1, 0.15) is 12.0 Å². The second-order valence-electron chi connectivity index (χ2n) is 4.43. The first-order valence-electron chi connectivity index (χ1n) is 6.19. The van der Waals surface area contributed by atoms with Crippen LogP contribution >= 0.6 is 0 Å². The Kier molecular flexibility index (Phi) is 2.52. The summed E-state index contributed by atoms with van der Waals surface area (Å²) in [5, 5.41) is 11.0. The molecule has 22 heavy (non-hydrogen) atoms. The molecule has 0 aliphatic rings. The van der Waals surface area contributed by atoms with Crippen LogP contribution in [0.5, 0.6) is 0 Å². The van der Waals surface area contributed by atoms with Crippen LogP contribution in [0.2, 0.25) is 0 Å². The lowest BCUT2D eigenvalue weighted by Gasteiger charge is -2.04. The monoisotopic (exact) mass is 292 g/mol. The summed E-state index contributed by atoms with van der Waals surface area (Å²) in [7, 11) is 0. The Morgan fingerprint density at radius 2 is 2.18 bits per heavy atom. The number of carbonyl (C=O) groups is 1. The van der Waals surface area contributed by atoms with E-state index in [0.717, 1.165) is 0 Å². The zero-order valence-corrected chi connectivity index (χ0v) is 10.9. The van der Waals surface area contributed by atoms with Crippen molar-refractivity contribution < 1.29 is 9.59 Å². The van der Waals surface area contributed by atoms with E-state index in [2.05, 4.69) is 30.2 Å². The average molecular weight is 292 g/mol. The van der Waals surface area contributed by atoms with Gasteiger partial charge in [-0.05, 0) is 6.07 Å². The number of pyridine rings is 1. The molecule has 0 bridgehead atoms. The molecule has 4 heterocycles. The number of nitrogens with one attached hydrogen (secondary N) is 1. The number of H-pyrrole nitrogens is 1. The van der Waals surface area contributed by atoms with Crippen molar-refractivity contribution in [2.75, 3.05) is 0 Å². The van der Waals surface area contributed by atoms with Gasteiger partial charge in [-0.15, -0.1) is 0 Å². The van der Waals surface area contributed by atoms with E-state index in [1.807, 2.05) is 0 Å². The van der Waals surface area contributed by atoms with Crippen molar-refractivity contribution in [3.05, 3.63) is 47.8 Å². The van der Waals surface area contributed by atoms with Crippen LogP contribution in [0.1, 0.15) is 21.6 Å². The lowest BCUT2D eigenvalue weighted by Crippen LogP contribution is -2.10. The van der Waals surface area contributed by atoms with Crippen LogP contribution in [0.15, 0.2) is 31.0 Å². The third-order valence-electron chi connectivity index (χ3n) is 3.21. The van der Waals surface area contributed by atoms with Gasteiger partial charge in [-0.3, -0.25) is 14.7 Å². The number of nitrogens with zero attached hydrogens (tertiary/aromatic N) is 6. The molecule has 9 heteroatoms. The topological polar surface area (TPSA) is 119 Å². The van der Waals surface area contributed by atoms with Gasteiger partial charge in [0.05, 0.1) is 11.8 Å². The van der Waals surface area contributed by atoms with Crippen LogP contribution < -0.4 is 0 Å². The summed E-state index contributed by atoms with van der Waals surface area (Å²) < 4.78 is 1.32. The molecule has 0 atom stereocenters. The van der Waals surface area contributed by atoms with Gasteiger partial charge >= 0.3 is 0 Å². The van der Waals surface area contributed by atoms with Gasteiger partial charge in [0.25, 0.3) is 12.1 Å². The van der Waals surface area contributed by atoms with Crippen LogP contribution in [0.4, 0.5) is 0 Å². The number of hydrogen-bond acceptors (Lipinski definition) is 7. The molecule has 0 saturated heterocycles. The van der Waals surface area contributed by atoms with E-state index in [4.69, 9.17) is 0 Å². The molecule has 0 spiro atoms. The van der Waals surface area contributed by atoms with Gasteiger partial charge in [-0.2, -0.15) is 15.2 Å². The zero-order valence-electron chi connectivity index (χ0n) is 10.9. The summed E-state index contributed by atoms with van der Waals surface area (Å²) in [5.74, 6) is -0.171. The van der Waals surface area contributed by atoms with Gasteiger partial charge in [0, 0.05) is 23.3 Å². The molecule has 0 amide bonds. The lowest BCUT2D eigenvalue weighted by atomic mass is 10.0. The summed E-state index contributed by atoms with van der Waals surface area (Å²) in [4.78, 5) is 35.8. The van der Waals surface area contributed by atoms with Crippen molar-refractivity contribution in [2.45, 2.75) is 0 Å². The van der Waals surface area contributed by atoms with Crippen LogP contribution in [0.25, 0.3) is 16.8 Å². The quantitative estimate of drug-likeness (QED) is 0.531. The highest BCUT2D eigenvalue weighted by molar-refractivity contribution is 6.17. The summed E-state index contributed by atoms with van der Waals surface area (Å²) in [6, 6.07) is 1.56. The van der Waals surface area contributed by atoms with E-state index in [1.165, 1.54) is 29.4 Å². The van der Waals surface area contributed by atoms with Gasteiger partial charge < -0.3 is 0 Å². The summed E-state index contributed by atoms with van der Waals surface area (Å²) in [6.45, 7) is 0. The first kappa shape index (κ1) is 12.3. The summed E-state index contributed by atoms with van der Waals surface area (Å²) >= 11 is 0. The van der Waals surface area contributed by atoms with E-state index in [1.54, 1.807) is 12.4 Å². The maximum absolute atomic E-state index is 12.8. The molecule has 4 aromatic rings. The number of fused-ring (bicyclic) bond motifs is 2. The third kappa shape index (κ3) is 1.69. The molecule has 0 unspecified atom stereocenters. The minimum Gasteiger partial charge on any atom is -0.288 e. The first-order chi connectivity index (χ1) is 10.8. The fourth-order valence-corrected chi connectivity index (χ4v) is 2.20. The second kappa shape index (κ2) is 4.52. The molecule has 0 fully saturated rings. The van der Waals surface area contributed by atoms with Gasteiger partial charge in [0.2, 0.25) is 0 Å². The maximum Gasteiger partial charge on any atom is 0.254 e. The van der Waals surface area contributed by atoms with Crippen molar-refractivity contribution in [3.8, 4) is 0 Å². The fourth-order valence-electron chi connectivity index (χ4n) is 2.20. The van der Waals surface area contributed by atoms with Crippen molar-refractivity contribution in [2.24, 2.45) is 0 Å². The Balaban J connectivity index is 1.95. The van der Waals surface area contributed by atoms with E-state index >= 15 is 0 Å². The number of aromatic amines is 1. The van der Waals surface area contributed by atoms with Gasteiger partial charge in [0.15, 0.2) is 11.4 Å². The Morgan fingerprint density at radius 1 is 1.27 bits per heavy atom. The molecule has 4 aromatic heterocycles. The molecule has 0 aliphatic carbocycles. The molecule has 9 nitrogen and oxygen atoms in total. The number of ketones is 1. The van der Waals surface area contributed by atoms with Gasteiger partial charge in [-0.25, -0.2) is 14.5 Å². The van der Waals surface area contributed by atoms with Crippen LogP contribution in [-0.4, -0.2) is 46.8 Å². The largest absolute Gasteiger partial charge is 0.288 e. The standard InChI is InChI=1S/C13H6N7O2/c21-5-10-9(4-20-13(18-10)15-6-17-20)11(22)7-1-2-14-12-8(7)3-16-19-12/h1-4,6H,(H,14,16,19). The van der Waals surface area contributed by atoms with Crippen LogP contribution in [0, 0.1) is 0 Å². The second-order valence-corrected chi connectivity index (χ2v) is 4.43. The van der Waals surface area contributed by atoms with Gasteiger partial charge in [-0.1, -0.05) is 0 Å². The maximum atomic E-state index is 12.8. The van der Waals surface area contributed by atoms with Crippen molar-refractivity contribution in [3.63, 3.8) is 0 Å². The normalized spacial score (nSPS) is 11.1. The molecule has 0 aromatic carbocycles. The van der Waals surface area contributed by atoms with Crippen molar-refractivity contribution in [1.82, 2.24) is 34.8 Å². The Bertz CT molecular complexity index is 1030. The molecule has 4 rings (SSSR count). The Morgan fingerprint density at radius 3 is 3.05 bits per heavy atom. The predicted molar refractivity (Wildman–Crippen MR) is 72.9 cm³/mol. The Hall–Kier alpha value is -3.49. The molecular formula is C13H6N7O2. The SMILES string of the molecule is O=[C]c1nc2ncnn2cc1C(=O)c1ccnc2[nH]ncc12. The van der Waals surface area contributed by atoms with Crippen molar-refractivity contribution in [1.29, 1.82) is 0 Å². The van der Waals surface area contributed by atoms with Crippen LogP contribution in [-0.2, 0) is 4.79 Å². The lowest BCUT2D eigenvalue weighted by molar-refractivity contribution is 0.103. The minimum absolute atomic E-state index is 0.0849. The Labute approximate surface area is 122 Å². The van der Waals surface area contributed by atoms with E-state index in [0.29, 0.717) is 16.6 Å². The highest BCUT2D eigenvalue weighted by atomic mass is 16.1. The fraction of sp³-hybridized carbons (Fsp3) is 0. The smallest absolute Gasteiger partial charge is 0.254 e. The minimum atomic E-state index is -0.392. The molecule has 0 saturated carbocycles. The summed E-state index contributed by atoms with van der Waals surface area (Å²) in [5.41, 5.74) is 0.814. The van der Waals surface area contributed by atoms with E-state index in [9.17, 15) is 9.59 Å².